The van der Waals surface area contributed by atoms with Gasteiger partial charge in [0, 0.05) is 16.3 Å². The number of halogens is 1. The van der Waals surface area contributed by atoms with Gasteiger partial charge in [-0.05, 0) is 55.2 Å². The second-order valence-corrected chi connectivity index (χ2v) is 7.77. The van der Waals surface area contributed by atoms with Crippen LogP contribution in [-0.4, -0.2) is 37.0 Å². The van der Waals surface area contributed by atoms with E-state index in [1.165, 1.54) is 35.7 Å². The standard InChI is InChI=1S/C17H24N4S2.HI/c18-17(19-8-7-14-5-3-11-22-14)20-13-15(16-6-4-12-23-16)21-9-1-2-10-21;/h3-6,11-12,15H,1-2,7-10,13H2,(H3,18,19,20);1H. The van der Waals surface area contributed by atoms with Gasteiger partial charge in [0.25, 0.3) is 0 Å². The molecule has 1 aliphatic heterocycles. The summed E-state index contributed by atoms with van der Waals surface area (Å²) in [7, 11) is 0. The lowest BCUT2D eigenvalue weighted by Crippen LogP contribution is -2.35. The van der Waals surface area contributed by atoms with Crippen molar-refractivity contribution in [2.24, 2.45) is 10.7 Å². The van der Waals surface area contributed by atoms with Crippen molar-refractivity contribution in [3.8, 4) is 0 Å². The fourth-order valence-electron chi connectivity index (χ4n) is 2.93. The Morgan fingerprint density at radius 2 is 1.96 bits per heavy atom. The minimum atomic E-state index is 0. The number of guanidine groups is 1. The van der Waals surface area contributed by atoms with Crippen LogP contribution in [0.3, 0.4) is 0 Å². The van der Waals surface area contributed by atoms with Gasteiger partial charge < -0.3 is 11.1 Å². The number of hydrogen-bond donors (Lipinski definition) is 2. The molecule has 0 aliphatic carbocycles. The van der Waals surface area contributed by atoms with Crippen LogP contribution in [0.2, 0.25) is 0 Å². The summed E-state index contributed by atoms with van der Waals surface area (Å²) in [6, 6.07) is 8.94. The van der Waals surface area contributed by atoms with E-state index in [4.69, 9.17) is 5.73 Å². The zero-order valence-electron chi connectivity index (χ0n) is 13.7. The lowest BCUT2D eigenvalue weighted by Gasteiger charge is -2.25. The van der Waals surface area contributed by atoms with Crippen molar-refractivity contribution in [1.29, 1.82) is 0 Å². The van der Waals surface area contributed by atoms with Crippen LogP contribution in [0.1, 0.15) is 28.6 Å². The molecule has 0 amide bonds. The lowest BCUT2D eigenvalue weighted by atomic mass is 10.2. The number of thiophene rings is 2. The van der Waals surface area contributed by atoms with Crippen LogP contribution in [0.15, 0.2) is 40.0 Å². The average Bonchev–Trinajstić information content (AvgIpc) is 3.31. The summed E-state index contributed by atoms with van der Waals surface area (Å²) in [5.74, 6) is 0.558. The minimum Gasteiger partial charge on any atom is -0.370 e. The molecule has 2 aromatic rings. The predicted octanol–water partition coefficient (Wildman–Crippen LogP) is 3.71. The van der Waals surface area contributed by atoms with Crippen LogP contribution in [0.25, 0.3) is 0 Å². The van der Waals surface area contributed by atoms with Crippen molar-refractivity contribution in [3.05, 3.63) is 44.8 Å². The van der Waals surface area contributed by atoms with Gasteiger partial charge in [0.05, 0.1) is 12.6 Å². The zero-order valence-corrected chi connectivity index (χ0v) is 17.7. The summed E-state index contributed by atoms with van der Waals surface area (Å²) in [4.78, 5) is 9.90. The summed E-state index contributed by atoms with van der Waals surface area (Å²) in [5, 5.41) is 7.48. The van der Waals surface area contributed by atoms with E-state index in [0.29, 0.717) is 12.0 Å². The predicted molar refractivity (Wildman–Crippen MR) is 116 cm³/mol. The second kappa shape index (κ2) is 10.4. The first-order valence-corrected chi connectivity index (χ1v) is 9.92. The number of rotatable bonds is 7. The van der Waals surface area contributed by atoms with E-state index in [1.54, 1.807) is 11.3 Å². The molecule has 1 unspecified atom stereocenters. The molecule has 1 fully saturated rings. The van der Waals surface area contributed by atoms with Crippen molar-refractivity contribution in [1.82, 2.24) is 10.2 Å². The SMILES string of the molecule is I.NC(=NCC(c1cccs1)N1CCCC1)NCCc1cccs1. The van der Waals surface area contributed by atoms with Gasteiger partial charge in [0.15, 0.2) is 5.96 Å². The Kier molecular flexibility index (Phi) is 8.51. The highest BCUT2D eigenvalue weighted by Crippen LogP contribution is 2.28. The molecule has 1 atom stereocenters. The molecular formula is C17H25IN4S2. The Morgan fingerprint density at radius 1 is 1.21 bits per heavy atom. The van der Waals surface area contributed by atoms with Crippen LogP contribution in [-0.2, 0) is 6.42 Å². The van der Waals surface area contributed by atoms with E-state index in [0.717, 1.165) is 19.5 Å². The number of nitrogens with one attached hydrogen (secondary N) is 1. The van der Waals surface area contributed by atoms with Crippen molar-refractivity contribution in [3.63, 3.8) is 0 Å². The molecule has 7 heteroatoms. The molecular weight excluding hydrogens is 451 g/mol. The van der Waals surface area contributed by atoms with Crippen LogP contribution < -0.4 is 11.1 Å². The molecule has 24 heavy (non-hydrogen) atoms. The molecule has 1 aliphatic rings. The summed E-state index contributed by atoms with van der Waals surface area (Å²) in [6.45, 7) is 3.91. The molecule has 3 rings (SSSR count). The molecule has 4 nitrogen and oxygen atoms in total. The van der Waals surface area contributed by atoms with E-state index in [2.05, 4.69) is 50.2 Å². The highest BCUT2D eigenvalue weighted by atomic mass is 127. The molecule has 0 saturated carbocycles. The molecule has 3 N–H and O–H groups in total. The smallest absolute Gasteiger partial charge is 0.188 e. The Hall–Kier alpha value is -0.640. The molecule has 3 heterocycles. The third-order valence-electron chi connectivity index (χ3n) is 4.15. The van der Waals surface area contributed by atoms with Gasteiger partial charge >= 0.3 is 0 Å². The topological polar surface area (TPSA) is 53.6 Å². The Bertz CT molecular complexity index is 592. The maximum atomic E-state index is 6.04. The van der Waals surface area contributed by atoms with Crippen LogP contribution in [0.5, 0.6) is 0 Å². The van der Waals surface area contributed by atoms with Crippen molar-refractivity contribution >= 4 is 52.6 Å². The normalized spacial score (nSPS) is 16.8. The van der Waals surface area contributed by atoms with E-state index >= 15 is 0 Å². The van der Waals surface area contributed by atoms with Gasteiger partial charge in [0.1, 0.15) is 0 Å². The van der Waals surface area contributed by atoms with Crippen LogP contribution in [0, 0.1) is 0 Å². The number of aliphatic imine (C=N–C) groups is 1. The Morgan fingerprint density at radius 3 is 2.62 bits per heavy atom. The third kappa shape index (κ3) is 5.72. The quantitative estimate of drug-likeness (QED) is 0.364. The molecule has 0 bridgehead atoms. The monoisotopic (exact) mass is 476 g/mol. The van der Waals surface area contributed by atoms with Gasteiger partial charge in [-0.25, -0.2) is 0 Å². The highest BCUT2D eigenvalue weighted by molar-refractivity contribution is 14.0. The maximum absolute atomic E-state index is 6.04. The second-order valence-electron chi connectivity index (χ2n) is 5.76. The fraction of sp³-hybridized carbons (Fsp3) is 0.471. The largest absolute Gasteiger partial charge is 0.370 e. The summed E-state index contributed by atoms with van der Waals surface area (Å²) >= 11 is 3.60. The van der Waals surface area contributed by atoms with Gasteiger partial charge in [-0.2, -0.15) is 0 Å². The number of nitrogens with zero attached hydrogens (tertiary/aromatic N) is 2. The highest BCUT2D eigenvalue weighted by Gasteiger charge is 2.23. The van der Waals surface area contributed by atoms with Crippen molar-refractivity contribution in [2.75, 3.05) is 26.2 Å². The average molecular weight is 476 g/mol. The first kappa shape index (κ1) is 19.7. The summed E-state index contributed by atoms with van der Waals surface area (Å²) < 4.78 is 0. The first-order chi connectivity index (χ1) is 11.3. The van der Waals surface area contributed by atoms with E-state index < -0.39 is 0 Å². The molecule has 1 saturated heterocycles. The molecule has 0 aromatic carbocycles. The number of likely N-dealkylation sites (tertiary alicyclic amines) is 1. The maximum Gasteiger partial charge on any atom is 0.188 e. The Balaban J connectivity index is 0.00000208. The molecule has 0 radical (unpaired) electrons. The van der Waals surface area contributed by atoms with Gasteiger partial charge in [-0.3, -0.25) is 9.89 Å². The van der Waals surface area contributed by atoms with Crippen molar-refractivity contribution in [2.45, 2.75) is 25.3 Å². The van der Waals surface area contributed by atoms with E-state index in [1.807, 2.05) is 11.3 Å². The van der Waals surface area contributed by atoms with Crippen LogP contribution >= 0.6 is 46.7 Å². The third-order valence-corrected chi connectivity index (χ3v) is 6.05. The van der Waals surface area contributed by atoms with Crippen molar-refractivity contribution < 1.29 is 0 Å². The van der Waals surface area contributed by atoms with Gasteiger partial charge in [-0.15, -0.1) is 46.7 Å². The molecule has 132 valence electrons. The van der Waals surface area contributed by atoms with E-state index in [9.17, 15) is 0 Å². The van der Waals surface area contributed by atoms with Crippen LogP contribution in [0.4, 0.5) is 0 Å². The number of hydrogen-bond acceptors (Lipinski definition) is 4. The zero-order chi connectivity index (χ0) is 15.9. The first-order valence-electron chi connectivity index (χ1n) is 8.16. The fourth-order valence-corrected chi connectivity index (χ4v) is 4.49. The number of nitrogens with two attached hydrogens (primary N) is 1. The Labute approximate surface area is 169 Å². The lowest BCUT2D eigenvalue weighted by molar-refractivity contribution is 0.255. The minimum absolute atomic E-state index is 0. The van der Waals surface area contributed by atoms with E-state index in [-0.39, 0.29) is 24.0 Å². The van der Waals surface area contributed by atoms with Gasteiger partial charge in [0.2, 0.25) is 0 Å². The molecule has 0 spiro atoms. The summed E-state index contributed by atoms with van der Waals surface area (Å²) in [6.07, 6.45) is 3.58. The molecule has 2 aromatic heterocycles. The van der Waals surface area contributed by atoms with Gasteiger partial charge in [-0.1, -0.05) is 12.1 Å². The summed E-state index contributed by atoms with van der Waals surface area (Å²) in [5.41, 5.74) is 6.04.